The molecule has 0 bridgehead atoms. The molecule has 0 heterocycles. The van der Waals surface area contributed by atoms with Crippen molar-refractivity contribution in [1.82, 2.24) is 5.32 Å². The Hall–Kier alpha value is 0.270. The molecule has 3 heteroatoms. The summed E-state index contributed by atoms with van der Waals surface area (Å²) in [6.07, 6.45) is 4.40. The fourth-order valence-electron chi connectivity index (χ4n) is 0.807. The lowest BCUT2D eigenvalue weighted by Crippen LogP contribution is -2.25. The molecule has 0 aromatic carbocycles. The van der Waals surface area contributed by atoms with Gasteiger partial charge < -0.3 is 10.4 Å². The zero-order valence-electron chi connectivity index (χ0n) is 7.47. The Morgan fingerprint density at radius 1 is 1.45 bits per heavy atom. The normalized spacial score (nSPS) is 13.4. The van der Waals surface area contributed by atoms with Crippen molar-refractivity contribution in [2.75, 3.05) is 25.1 Å². The fourth-order valence-corrected chi connectivity index (χ4v) is 1.30. The molecule has 68 valence electrons. The third-order valence-electron chi connectivity index (χ3n) is 1.39. The van der Waals surface area contributed by atoms with Crippen LogP contribution in [0.25, 0.3) is 0 Å². The molecule has 0 aliphatic rings. The van der Waals surface area contributed by atoms with E-state index in [1.807, 2.05) is 11.8 Å². The highest BCUT2D eigenvalue weighted by Gasteiger charge is 1.92. The predicted molar refractivity (Wildman–Crippen MR) is 52.2 cm³/mol. The number of aliphatic hydroxyl groups is 1. The first kappa shape index (κ1) is 11.3. The highest BCUT2D eigenvalue weighted by molar-refractivity contribution is 7.98. The van der Waals surface area contributed by atoms with Crippen LogP contribution in [-0.2, 0) is 0 Å². The standard InChI is InChI=1S/C8H19NOS/c1-8(10)7-9-5-3-4-6-11-2/h8-10H,3-7H2,1-2H3. The van der Waals surface area contributed by atoms with Gasteiger partial charge in [0.2, 0.25) is 0 Å². The monoisotopic (exact) mass is 177 g/mol. The quantitative estimate of drug-likeness (QED) is 0.571. The maximum absolute atomic E-state index is 8.89. The summed E-state index contributed by atoms with van der Waals surface area (Å²) in [6.45, 7) is 3.56. The first-order chi connectivity index (χ1) is 5.27. The molecule has 0 aliphatic heterocycles. The molecular formula is C8H19NOS. The third kappa shape index (κ3) is 10.3. The second kappa shape index (κ2) is 8.37. The van der Waals surface area contributed by atoms with E-state index in [1.54, 1.807) is 6.92 Å². The summed E-state index contributed by atoms with van der Waals surface area (Å²) in [5.41, 5.74) is 0. The van der Waals surface area contributed by atoms with E-state index in [1.165, 1.54) is 18.6 Å². The number of hydrogen-bond acceptors (Lipinski definition) is 3. The van der Waals surface area contributed by atoms with E-state index in [0.717, 1.165) is 13.1 Å². The van der Waals surface area contributed by atoms with Crippen molar-refractivity contribution in [1.29, 1.82) is 0 Å². The molecule has 0 fully saturated rings. The van der Waals surface area contributed by atoms with Gasteiger partial charge in [-0.1, -0.05) is 0 Å². The molecule has 0 aromatic rings. The summed E-state index contributed by atoms with van der Waals surface area (Å²) in [6, 6.07) is 0. The van der Waals surface area contributed by atoms with Crippen LogP contribution in [0.4, 0.5) is 0 Å². The molecule has 0 aliphatic carbocycles. The van der Waals surface area contributed by atoms with Gasteiger partial charge in [-0.3, -0.25) is 0 Å². The molecule has 2 nitrogen and oxygen atoms in total. The lowest BCUT2D eigenvalue weighted by atomic mass is 10.3. The molecule has 0 aromatic heterocycles. The molecule has 0 saturated heterocycles. The summed E-state index contributed by atoms with van der Waals surface area (Å²) >= 11 is 1.89. The van der Waals surface area contributed by atoms with Crippen LogP contribution in [0.5, 0.6) is 0 Å². The highest BCUT2D eigenvalue weighted by Crippen LogP contribution is 1.97. The molecule has 0 spiro atoms. The first-order valence-corrected chi connectivity index (χ1v) is 5.54. The number of hydrogen-bond donors (Lipinski definition) is 2. The number of rotatable bonds is 7. The Balaban J connectivity index is 2.80. The number of unbranched alkanes of at least 4 members (excludes halogenated alkanes) is 1. The van der Waals surface area contributed by atoms with Crippen LogP contribution in [0.15, 0.2) is 0 Å². The van der Waals surface area contributed by atoms with Crippen LogP contribution in [-0.4, -0.2) is 36.3 Å². The van der Waals surface area contributed by atoms with Crippen molar-refractivity contribution in [2.45, 2.75) is 25.9 Å². The second-order valence-electron chi connectivity index (χ2n) is 2.75. The van der Waals surface area contributed by atoms with Gasteiger partial charge in [0, 0.05) is 6.54 Å². The van der Waals surface area contributed by atoms with Crippen molar-refractivity contribution >= 4 is 11.8 Å². The molecule has 1 unspecified atom stereocenters. The maximum Gasteiger partial charge on any atom is 0.0636 e. The average molecular weight is 177 g/mol. The molecule has 11 heavy (non-hydrogen) atoms. The van der Waals surface area contributed by atoms with Crippen LogP contribution >= 0.6 is 11.8 Å². The molecule has 2 N–H and O–H groups in total. The Bertz CT molecular complexity index is 78.5. The summed E-state index contributed by atoms with van der Waals surface area (Å²) in [5, 5.41) is 12.1. The molecule has 1 atom stereocenters. The minimum Gasteiger partial charge on any atom is -0.392 e. The summed E-state index contributed by atoms with van der Waals surface area (Å²) in [4.78, 5) is 0. The van der Waals surface area contributed by atoms with E-state index in [4.69, 9.17) is 5.11 Å². The van der Waals surface area contributed by atoms with Gasteiger partial charge in [0.05, 0.1) is 6.10 Å². The van der Waals surface area contributed by atoms with Gasteiger partial charge in [-0.05, 0) is 38.3 Å². The summed E-state index contributed by atoms with van der Waals surface area (Å²) in [7, 11) is 0. The topological polar surface area (TPSA) is 32.3 Å². The lowest BCUT2D eigenvalue weighted by Gasteiger charge is -2.05. The third-order valence-corrected chi connectivity index (χ3v) is 2.09. The zero-order valence-corrected chi connectivity index (χ0v) is 8.28. The van der Waals surface area contributed by atoms with Crippen molar-refractivity contribution in [3.63, 3.8) is 0 Å². The van der Waals surface area contributed by atoms with E-state index in [9.17, 15) is 0 Å². The molecule has 0 rings (SSSR count). The van der Waals surface area contributed by atoms with Crippen LogP contribution in [0.3, 0.4) is 0 Å². The van der Waals surface area contributed by atoms with Gasteiger partial charge in [0.25, 0.3) is 0 Å². The van der Waals surface area contributed by atoms with Gasteiger partial charge in [-0.2, -0.15) is 11.8 Å². The SMILES string of the molecule is CSCCCCNCC(C)O. The smallest absolute Gasteiger partial charge is 0.0636 e. The zero-order chi connectivity index (χ0) is 8.53. The van der Waals surface area contributed by atoms with Crippen LogP contribution in [0.1, 0.15) is 19.8 Å². The van der Waals surface area contributed by atoms with Gasteiger partial charge in [-0.25, -0.2) is 0 Å². The number of aliphatic hydroxyl groups excluding tert-OH is 1. The number of thioether (sulfide) groups is 1. The van der Waals surface area contributed by atoms with Gasteiger partial charge in [0.1, 0.15) is 0 Å². The van der Waals surface area contributed by atoms with Gasteiger partial charge in [-0.15, -0.1) is 0 Å². The average Bonchev–Trinajstić information content (AvgIpc) is 1.96. The Morgan fingerprint density at radius 2 is 2.18 bits per heavy atom. The van der Waals surface area contributed by atoms with Crippen molar-refractivity contribution < 1.29 is 5.11 Å². The van der Waals surface area contributed by atoms with Gasteiger partial charge in [0.15, 0.2) is 0 Å². The van der Waals surface area contributed by atoms with Gasteiger partial charge >= 0.3 is 0 Å². The Kier molecular flexibility index (Phi) is 8.57. The van der Waals surface area contributed by atoms with E-state index >= 15 is 0 Å². The molecular weight excluding hydrogens is 158 g/mol. The lowest BCUT2D eigenvalue weighted by molar-refractivity contribution is 0.191. The fraction of sp³-hybridized carbons (Fsp3) is 1.00. The Morgan fingerprint density at radius 3 is 2.73 bits per heavy atom. The minimum atomic E-state index is -0.212. The highest BCUT2D eigenvalue weighted by atomic mass is 32.2. The van der Waals surface area contributed by atoms with Crippen LogP contribution in [0, 0.1) is 0 Å². The van der Waals surface area contributed by atoms with Crippen molar-refractivity contribution in [3.05, 3.63) is 0 Å². The molecule has 0 amide bonds. The van der Waals surface area contributed by atoms with Crippen molar-refractivity contribution in [2.24, 2.45) is 0 Å². The maximum atomic E-state index is 8.89. The summed E-state index contributed by atoms with van der Waals surface area (Å²) < 4.78 is 0. The van der Waals surface area contributed by atoms with Crippen LogP contribution in [0.2, 0.25) is 0 Å². The Labute approximate surface area is 73.8 Å². The number of nitrogens with one attached hydrogen (secondary N) is 1. The molecule has 0 radical (unpaired) electrons. The van der Waals surface area contributed by atoms with E-state index in [2.05, 4.69) is 11.6 Å². The summed E-state index contributed by atoms with van der Waals surface area (Å²) in [5.74, 6) is 1.25. The van der Waals surface area contributed by atoms with Crippen LogP contribution < -0.4 is 5.32 Å². The predicted octanol–water partition coefficient (Wildman–Crippen LogP) is 1.10. The minimum absolute atomic E-state index is 0.212. The van der Waals surface area contributed by atoms with E-state index in [0.29, 0.717) is 0 Å². The second-order valence-corrected chi connectivity index (χ2v) is 3.74. The first-order valence-electron chi connectivity index (χ1n) is 4.15. The molecule has 0 saturated carbocycles. The van der Waals surface area contributed by atoms with E-state index < -0.39 is 0 Å². The van der Waals surface area contributed by atoms with E-state index in [-0.39, 0.29) is 6.10 Å². The van der Waals surface area contributed by atoms with Crippen molar-refractivity contribution in [3.8, 4) is 0 Å². The largest absolute Gasteiger partial charge is 0.392 e.